The predicted octanol–water partition coefficient (Wildman–Crippen LogP) is 1.73. The Kier molecular flexibility index (Phi) is 4.74. The van der Waals surface area contributed by atoms with Gasteiger partial charge < -0.3 is 15.5 Å². The van der Waals surface area contributed by atoms with Gasteiger partial charge in [-0.05, 0) is 31.5 Å². The van der Waals surface area contributed by atoms with Crippen LogP contribution in [0.4, 0.5) is 0 Å². The van der Waals surface area contributed by atoms with Crippen LogP contribution in [0.15, 0.2) is 24.3 Å². The van der Waals surface area contributed by atoms with Crippen molar-refractivity contribution in [2.75, 3.05) is 13.2 Å². The number of halogens is 1. The summed E-state index contributed by atoms with van der Waals surface area (Å²) in [6, 6.07) is 7.54. The molecule has 0 aliphatic heterocycles. The minimum Gasteiger partial charge on any atom is -0.394 e. The third-order valence-electron chi connectivity index (χ3n) is 2.61. The summed E-state index contributed by atoms with van der Waals surface area (Å²) in [7, 11) is 0. The Morgan fingerprint density at radius 1 is 1.38 bits per heavy atom. The van der Waals surface area contributed by atoms with Gasteiger partial charge >= 0.3 is 0 Å². The Morgan fingerprint density at radius 3 is 2.50 bits per heavy atom. The summed E-state index contributed by atoms with van der Waals surface area (Å²) in [6.45, 7) is 3.51. The monoisotopic (exact) mass is 243 g/mol. The molecule has 0 aliphatic rings. The third-order valence-corrected chi connectivity index (χ3v) is 2.85. The van der Waals surface area contributed by atoms with E-state index < -0.39 is 5.54 Å². The fraction of sp³-hybridized carbons (Fsp3) is 0.500. The summed E-state index contributed by atoms with van der Waals surface area (Å²) >= 11 is 5.90. The van der Waals surface area contributed by atoms with Crippen molar-refractivity contribution in [1.82, 2.24) is 5.32 Å². The first-order valence-corrected chi connectivity index (χ1v) is 5.63. The van der Waals surface area contributed by atoms with E-state index in [1.807, 2.05) is 31.2 Å². The Morgan fingerprint density at radius 2 is 2.00 bits per heavy atom. The lowest BCUT2D eigenvalue weighted by Crippen LogP contribution is -2.49. The highest BCUT2D eigenvalue weighted by atomic mass is 35.5. The lowest BCUT2D eigenvalue weighted by atomic mass is 10.0. The normalized spacial score (nSPS) is 13.8. The van der Waals surface area contributed by atoms with Crippen LogP contribution in [0.2, 0.25) is 5.02 Å². The number of benzene rings is 1. The molecule has 16 heavy (non-hydrogen) atoms. The Balaban J connectivity index is 2.75. The Bertz CT molecular complexity index is 340. The van der Waals surface area contributed by atoms with Gasteiger partial charge in [-0.1, -0.05) is 23.7 Å². The van der Waals surface area contributed by atoms with Gasteiger partial charge in [0.15, 0.2) is 0 Å². The van der Waals surface area contributed by atoms with Crippen LogP contribution < -0.4 is 5.32 Å². The summed E-state index contributed by atoms with van der Waals surface area (Å²) < 4.78 is 0. The van der Waals surface area contributed by atoms with Crippen LogP contribution in [-0.2, 0) is 0 Å². The molecule has 0 heterocycles. The number of hydrogen-bond donors (Lipinski definition) is 3. The van der Waals surface area contributed by atoms with Gasteiger partial charge in [-0.25, -0.2) is 0 Å². The standard InChI is InChI=1S/C12H18ClNO2/c1-9(14-12(2,7-15)8-16)10-4-3-5-11(13)6-10/h3-6,9,14-16H,7-8H2,1-2H3. The molecule has 0 bridgehead atoms. The van der Waals surface area contributed by atoms with Crippen molar-refractivity contribution in [1.29, 1.82) is 0 Å². The highest BCUT2D eigenvalue weighted by Crippen LogP contribution is 2.19. The van der Waals surface area contributed by atoms with Crippen LogP contribution in [-0.4, -0.2) is 29.0 Å². The van der Waals surface area contributed by atoms with E-state index in [4.69, 9.17) is 11.6 Å². The van der Waals surface area contributed by atoms with Crippen LogP contribution in [0.1, 0.15) is 25.5 Å². The maximum absolute atomic E-state index is 9.19. The van der Waals surface area contributed by atoms with Crippen molar-refractivity contribution >= 4 is 11.6 Å². The average molecular weight is 244 g/mol. The molecule has 0 fully saturated rings. The second-order valence-corrected chi connectivity index (χ2v) is 4.73. The van der Waals surface area contributed by atoms with Gasteiger partial charge in [-0.3, -0.25) is 0 Å². The molecule has 0 amide bonds. The van der Waals surface area contributed by atoms with Crippen LogP contribution in [0.25, 0.3) is 0 Å². The minimum atomic E-state index is -0.679. The lowest BCUT2D eigenvalue weighted by Gasteiger charge is -2.30. The summed E-state index contributed by atoms with van der Waals surface area (Å²) in [5, 5.41) is 22.2. The zero-order valence-corrected chi connectivity index (χ0v) is 10.3. The molecule has 0 spiro atoms. The topological polar surface area (TPSA) is 52.5 Å². The molecular weight excluding hydrogens is 226 g/mol. The minimum absolute atomic E-state index is 0.0167. The molecule has 0 radical (unpaired) electrons. The fourth-order valence-electron chi connectivity index (χ4n) is 1.52. The van der Waals surface area contributed by atoms with E-state index in [9.17, 15) is 10.2 Å². The first kappa shape index (κ1) is 13.5. The molecule has 0 saturated carbocycles. The molecule has 3 N–H and O–H groups in total. The van der Waals surface area contributed by atoms with Gasteiger partial charge in [0.25, 0.3) is 0 Å². The zero-order chi connectivity index (χ0) is 12.2. The second kappa shape index (κ2) is 5.64. The zero-order valence-electron chi connectivity index (χ0n) is 9.57. The third kappa shape index (κ3) is 3.46. The molecule has 0 saturated heterocycles. The van der Waals surface area contributed by atoms with E-state index >= 15 is 0 Å². The molecule has 0 aromatic heterocycles. The predicted molar refractivity (Wildman–Crippen MR) is 65.6 cm³/mol. The summed E-state index contributed by atoms with van der Waals surface area (Å²) in [6.07, 6.45) is 0. The molecule has 3 nitrogen and oxygen atoms in total. The SMILES string of the molecule is CC(NC(C)(CO)CO)c1cccc(Cl)c1. The number of aliphatic hydroxyl groups is 2. The van der Waals surface area contributed by atoms with Crippen molar-refractivity contribution in [3.05, 3.63) is 34.9 Å². The quantitative estimate of drug-likeness (QED) is 0.738. The molecule has 1 atom stereocenters. The summed E-state index contributed by atoms with van der Waals surface area (Å²) in [5.41, 5.74) is 0.350. The molecule has 1 aromatic rings. The molecule has 1 aromatic carbocycles. The van der Waals surface area contributed by atoms with Gasteiger partial charge in [0.05, 0.1) is 18.8 Å². The molecule has 1 unspecified atom stereocenters. The van der Waals surface area contributed by atoms with E-state index in [1.165, 1.54) is 0 Å². The van der Waals surface area contributed by atoms with E-state index in [-0.39, 0.29) is 19.3 Å². The van der Waals surface area contributed by atoms with Crippen molar-refractivity contribution < 1.29 is 10.2 Å². The Hall–Kier alpha value is -0.610. The number of nitrogens with one attached hydrogen (secondary N) is 1. The van der Waals surface area contributed by atoms with E-state index in [0.29, 0.717) is 5.02 Å². The smallest absolute Gasteiger partial charge is 0.0633 e. The summed E-state index contributed by atoms with van der Waals surface area (Å²) in [4.78, 5) is 0. The van der Waals surface area contributed by atoms with Gasteiger partial charge in [-0.2, -0.15) is 0 Å². The van der Waals surface area contributed by atoms with Gasteiger partial charge in [-0.15, -0.1) is 0 Å². The molecule has 4 heteroatoms. The summed E-state index contributed by atoms with van der Waals surface area (Å²) in [5.74, 6) is 0. The average Bonchev–Trinajstić information content (AvgIpc) is 2.29. The van der Waals surface area contributed by atoms with Gasteiger partial charge in [0.2, 0.25) is 0 Å². The van der Waals surface area contributed by atoms with Gasteiger partial charge in [0, 0.05) is 11.1 Å². The number of aliphatic hydroxyl groups excluding tert-OH is 2. The second-order valence-electron chi connectivity index (χ2n) is 4.30. The van der Waals surface area contributed by atoms with E-state index in [0.717, 1.165) is 5.56 Å². The largest absolute Gasteiger partial charge is 0.394 e. The van der Waals surface area contributed by atoms with Crippen molar-refractivity contribution in [3.8, 4) is 0 Å². The Labute approximate surface area is 101 Å². The first-order chi connectivity index (χ1) is 7.50. The lowest BCUT2D eigenvalue weighted by molar-refractivity contribution is 0.0957. The van der Waals surface area contributed by atoms with E-state index in [1.54, 1.807) is 6.92 Å². The van der Waals surface area contributed by atoms with Crippen molar-refractivity contribution in [3.63, 3.8) is 0 Å². The highest BCUT2D eigenvalue weighted by Gasteiger charge is 2.24. The first-order valence-electron chi connectivity index (χ1n) is 5.25. The molecule has 0 aliphatic carbocycles. The molecule has 90 valence electrons. The maximum Gasteiger partial charge on any atom is 0.0633 e. The van der Waals surface area contributed by atoms with Gasteiger partial charge in [0.1, 0.15) is 0 Å². The number of hydrogen-bond acceptors (Lipinski definition) is 3. The fourth-order valence-corrected chi connectivity index (χ4v) is 1.72. The van der Waals surface area contributed by atoms with Crippen LogP contribution in [0.5, 0.6) is 0 Å². The molecular formula is C12H18ClNO2. The number of rotatable bonds is 5. The maximum atomic E-state index is 9.19. The van der Waals surface area contributed by atoms with Crippen molar-refractivity contribution in [2.24, 2.45) is 0 Å². The molecule has 1 rings (SSSR count). The van der Waals surface area contributed by atoms with Crippen LogP contribution in [0, 0.1) is 0 Å². The van der Waals surface area contributed by atoms with E-state index in [2.05, 4.69) is 5.32 Å². The van der Waals surface area contributed by atoms with Crippen LogP contribution >= 0.6 is 11.6 Å². The van der Waals surface area contributed by atoms with Crippen molar-refractivity contribution in [2.45, 2.75) is 25.4 Å². The van der Waals surface area contributed by atoms with Crippen LogP contribution in [0.3, 0.4) is 0 Å². The highest BCUT2D eigenvalue weighted by molar-refractivity contribution is 6.30.